The number of fused-ring (bicyclic) bond motifs is 1. The Morgan fingerprint density at radius 1 is 1.00 bits per heavy atom. The zero-order chi connectivity index (χ0) is 19.5. The summed E-state index contributed by atoms with van der Waals surface area (Å²) in [7, 11) is 0. The molecule has 2 aromatic carbocycles. The first kappa shape index (κ1) is 17.7. The Bertz CT molecular complexity index is 1030. The molecule has 4 rings (SSSR count). The van der Waals surface area contributed by atoms with Crippen molar-refractivity contribution in [3.05, 3.63) is 71.4 Å². The summed E-state index contributed by atoms with van der Waals surface area (Å²) in [6.07, 6.45) is 0. The van der Waals surface area contributed by atoms with Gasteiger partial charge < -0.3 is 20.1 Å². The van der Waals surface area contributed by atoms with Crippen LogP contribution in [-0.4, -0.2) is 22.9 Å². The van der Waals surface area contributed by atoms with Gasteiger partial charge in [0.1, 0.15) is 11.6 Å². The van der Waals surface area contributed by atoms with E-state index >= 15 is 0 Å². The largest absolute Gasteiger partial charge is 0.454 e. The normalized spacial score (nSPS) is 11.9. The number of ether oxygens (including phenoxy) is 2. The van der Waals surface area contributed by atoms with Crippen LogP contribution in [0.3, 0.4) is 0 Å². The third kappa shape index (κ3) is 3.83. The van der Waals surface area contributed by atoms with Gasteiger partial charge in [0, 0.05) is 12.6 Å². The van der Waals surface area contributed by atoms with E-state index in [2.05, 4.69) is 20.8 Å². The summed E-state index contributed by atoms with van der Waals surface area (Å²) in [6, 6.07) is 11.4. The summed E-state index contributed by atoms with van der Waals surface area (Å²) < 4.78 is 37.1. The van der Waals surface area contributed by atoms with E-state index in [0.29, 0.717) is 11.5 Å². The minimum Gasteiger partial charge on any atom is -0.454 e. The van der Waals surface area contributed by atoms with Gasteiger partial charge in [0.15, 0.2) is 23.0 Å². The van der Waals surface area contributed by atoms with Crippen LogP contribution in [0.15, 0.2) is 48.5 Å². The monoisotopic (exact) mass is 384 g/mol. The lowest BCUT2D eigenvalue weighted by Crippen LogP contribution is -2.24. The number of carbonyl (C=O) groups excluding carboxylic acids is 1. The maximum absolute atomic E-state index is 13.7. The van der Waals surface area contributed by atoms with E-state index in [1.807, 2.05) is 6.07 Å². The number of hydrogen-bond donors (Lipinski definition) is 2. The molecule has 9 heteroatoms. The van der Waals surface area contributed by atoms with Crippen molar-refractivity contribution in [2.24, 2.45) is 0 Å². The minimum atomic E-state index is -0.757. The van der Waals surface area contributed by atoms with Crippen LogP contribution in [-0.2, 0) is 6.54 Å². The number of hydrogen-bond acceptors (Lipinski definition) is 6. The number of rotatable bonds is 5. The summed E-state index contributed by atoms with van der Waals surface area (Å²) in [5.74, 6) is -0.324. The highest BCUT2D eigenvalue weighted by Gasteiger charge is 2.14. The van der Waals surface area contributed by atoms with Gasteiger partial charge in [-0.15, -0.1) is 10.2 Å². The van der Waals surface area contributed by atoms with Crippen LogP contribution in [0.5, 0.6) is 11.5 Å². The number of nitrogens with zero attached hydrogens (tertiary/aromatic N) is 2. The second-order valence-corrected chi connectivity index (χ2v) is 5.92. The van der Waals surface area contributed by atoms with Gasteiger partial charge in [-0.25, -0.2) is 8.78 Å². The molecule has 7 nitrogen and oxygen atoms in total. The van der Waals surface area contributed by atoms with Crippen molar-refractivity contribution in [1.82, 2.24) is 15.5 Å². The molecule has 0 spiro atoms. The smallest absolute Gasteiger partial charge is 0.272 e. The van der Waals surface area contributed by atoms with Crippen LogP contribution in [0.2, 0.25) is 0 Å². The van der Waals surface area contributed by atoms with Crippen molar-refractivity contribution in [2.75, 3.05) is 12.1 Å². The van der Waals surface area contributed by atoms with Crippen molar-refractivity contribution in [3.63, 3.8) is 0 Å². The van der Waals surface area contributed by atoms with Crippen LogP contribution in [0.25, 0.3) is 0 Å². The van der Waals surface area contributed by atoms with E-state index in [0.717, 1.165) is 17.7 Å². The maximum Gasteiger partial charge on any atom is 0.272 e. The molecular formula is C19H14F2N4O3. The average molecular weight is 384 g/mol. The molecule has 0 unspecified atom stereocenters. The number of anilines is 2. The molecule has 2 heterocycles. The Morgan fingerprint density at radius 2 is 1.86 bits per heavy atom. The van der Waals surface area contributed by atoms with Crippen LogP contribution in [0.1, 0.15) is 16.1 Å². The first-order chi connectivity index (χ1) is 13.6. The number of carbonyl (C=O) groups is 1. The van der Waals surface area contributed by atoms with Gasteiger partial charge >= 0.3 is 0 Å². The van der Waals surface area contributed by atoms with Gasteiger partial charge in [0.05, 0.1) is 5.69 Å². The predicted octanol–water partition coefficient (Wildman–Crippen LogP) is 3.16. The molecule has 3 aromatic rings. The third-order valence-corrected chi connectivity index (χ3v) is 3.98. The molecule has 1 amide bonds. The van der Waals surface area contributed by atoms with Crippen LogP contribution >= 0.6 is 0 Å². The lowest BCUT2D eigenvalue weighted by Gasteiger charge is -2.08. The van der Waals surface area contributed by atoms with E-state index in [4.69, 9.17) is 9.47 Å². The van der Waals surface area contributed by atoms with E-state index in [9.17, 15) is 13.6 Å². The maximum atomic E-state index is 13.7. The highest BCUT2D eigenvalue weighted by atomic mass is 19.1. The van der Waals surface area contributed by atoms with Crippen LogP contribution < -0.4 is 20.1 Å². The van der Waals surface area contributed by atoms with E-state index in [-0.39, 0.29) is 30.5 Å². The first-order valence-corrected chi connectivity index (χ1v) is 8.31. The molecule has 1 aromatic heterocycles. The second-order valence-electron chi connectivity index (χ2n) is 5.92. The number of nitrogens with one attached hydrogen (secondary N) is 2. The van der Waals surface area contributed by atoms with Crippen molar-refractivity contribution < 1.29 is 23.0 Å². The Balaban J connectivity index is 1.37. The fraction of sp³-hybridized carbons (Fsp3) is 0.105. The van der Waals surface area contributed by atoms with Crippen molar-refractivity contribution in [2.45, 2.75) is 6.54 Å². The number of benzene rings is 2. The highest BCUT2D eigenvalue weighted by molar-refractivity contribution is 5.92. The molecule has 0 bridgehead atoms. The molecule has 1 aliphatic heterocycles. The summed E-state index contributed by atoms with van der Waals surface area (Å²) in [5, 5.41) is 13.1. The standard InChI is InChI=1S/C19H14F2N4O3/c20-12-2-3-14(13(21)8-12)23-18-6-4-15(24-25-18)19(26)22-9-11-1-5-16-17(7-11)28-10-27-16/h1-8H,9-10H2,(H,22,26)(H,23,25). The van der Waals surface area contributed by atoms with Gasteiger partial charge in [0.25, 0.3) is 5.91 Å². The third-order valence-electron chi connectivity index (χ3n) is 3.98. The van der Waals surface area contributed by atoms with Gasteiger partial charge in [0.2, 0.25) is 6.79 Å². The summed E-state index contributed by atoms with van der Waals surface area (Å²) >= 11 is 0. The summed E-state index contributed by atoms with van der Waals surface area (Å²) in [5.41, 5.74) is 0.997. The molecule has 1 aliphatic rings. The second kappa shape index (κ2) is 7.47. The number of halogens is 2. The lowest BCUT2D eigenvalue weighted by molar-refractivity contribution is 0.0945. The predicted molar refractivity (Wildman–Crippen MR) is 95.4 cm³/mol. The molecule has 0 fully saturated rings. The Labute approximate surface area is 158 Å². The summed E-state index contributed by atoms with van der Waals surface area (Å²) in [4.78, 5) is 12.2. The molecule has 0 saturated carbocycles. The van der Waals surface area contributed by atoms with Crippen LogP contribution in [0.4, 0.5) is 20.3 Å². The molecule has 142 valence electrons. The SMILES string of the molecule is O=C(NCc1ccc2c(c1)OCO2)c1ccc(Nc2ccc(F)cc2F)nn1. The van der Waals surface area contributed by atoms with Crippen molar-refractivity contribution in [3.8, 4) is 11.5 Å². The van der Waals surface area contributed by atoms with Crippen LogP contribution in [0, 0.1) is 11.6 Å². The van der Waals surface area contributed by atoms with E-state index in [1.54, 1.807) is 12.1 Å². The van der Waals surface area contributed by atoms with E-state index < -0.39 is 17.5 Å². The zero-order valence-electron chi connectivity index (χ0n) is 14.4. The van der Waals surface area contributed by atoms with Gasteiger partial charge in [-0.05, 0) is 42.0 Å². The molecule has 0 radical (unpaired) electrons. The number of amides is 1. The average Bonchev–Trinajstić information content (AvgIpc) is 3.17. The fourth-order valence-electron chi connectivity index (χ4n) is 2.57. The highest BCUT2D eigenvalue weighted by Crippen LogP contribution is 2.32. The topological polar surface area (TPSA) is 85.4 Å². The molecular weight excluding hydrogens is 370 g/mol. The van der Waals surface area contributed by atoms with Gasteiger partial charge in [-0.3, -0.25) is 4.79 Å². The molecule has 2 N–H and O–H groups in total. The Kier molecular flexibility index (Phi) is 4.71. The minimum absolute atomic E-state index is 0.0516. The van der Waals surface area contributed by atoms with Gasteiger partial charge in [-0.2, -0.15) is 0 Å². The van der Waals surface area contributed by atoms with E-state index in [1.165, 1.54) is 18.2 Å². The molecule has 0 aliphatic carbocycles. The van der Waals surface area contributed by atoms with Crippen molar-refractivity contribution in [1.29, 1.82) is 0 Å². The van der Waals surface area contributed by atoms with Gasteiger partial charge in [-0.1, -0.05) is 6.07 Å². The Hall–Kier alpha value is -3.75. The molecule has 0 atom stereocenters. The fourth-order valence-corrected chi connectivity index (χ4v) is 2.57. The quantitative estimate of drug-likeness (QED) is 0.703. The number of aromatic nitrogens is 2. The lowest BCUT2D eigenvalue weighted by atomic mass is 10.2. The van der Waals surface area contributed by atoms with Crippen molar-refractivity contribution >= 4 is 17.4 Å². The zero-order valence-corrected chi connectivity index (χ0v) is 14.4. The Morgan fingerprint density at radius 3 is 2.64 bits per heavy atom. The molecule has 28 heavy (non-hydrogen) atoms. The first-order valence-electron chi connectivity index (χ1n) is 8.31. The molecule has 0 saturated heterocycles. The summed E-state index contributed by atoms with van der Waals surface area (Å²) in [6.45, 7) is 0.459.